The van der Waals surface area contributed by atoms with Gasteiger partial charge in [0.05, 0.1) is 5.52 Å². The largest absolute Gasteiger partial charge is 0.383 e. The molecule has 3 rings (SSSR count). The van der Waals surface area contributed by atoms with Gasteiger partial charge in [-0.05, 0) is 36.2 Å². The van der Waals surface area contributed by atoms with Gasteiger partial charge in [-0.3, -0.25) is 0 Å². The molecule has 100 valence electrons. The van der Waals surface area contributed by atoms with Crippen LogP contribution in [0.1, 0.15) is 17.0 Å². The molecule has 0 fully saturated rings. The number of aromatic nitrogens is 2. The quantitative estimate of drug-likeness (QED) is 0.779. The maximum atomic E-state index is 6.14. The topological polar surface area (TPSA) is 51.8 Å². The number of benzene rings is 2. The monoisotopic (exact) mass is 283 g/mol. The normalized spacial score (nSPS) is 10.9. The molecule has 0 saturated heterocycles. The zero-order chi connectivity index (χ0) is 14.1. The zero-order valence-corrected chi connectivity index (χ0v) is 11.9. The van der Waals surface area contributed by atoms with E-state index in [1.54, 1.807) is 0 Å². The van der Waals surface area contributed by atoms with Crippen molar-refractivity contribution < 1.29 is 0 Å². The average Bonchev–Trinajstić information content (AvgIpc) is 2.43. The molecule has 0 atom stereocenters. The van der Waals surface area contributed by atoms with E-state index >= 15 is 0 Å². The molecule has 1 heterocycles. The summed E-state index contributed by atoms with van der Waals surface area (Å²) in [5.74, 6) is 1.23. The number of nitrogens with two attached hydrogens (primary N) is 1. The van der Waals surface area contributed by atoms with E-state index < -0.39 is 0 Å². The number of aryl methyl sites for hydroxylation is 1. The minimum Gasteiger partial charge on any atom is -0.383 e. The van der Waals surface area contributed by atoms with Crippen LogP contribution in [0.25, 0.3) is 10.9 Å². The SMILES string of the molecule is Cc1ccc(Cc2nc(N)c3ccccc3n2)cc1Cl. The second-order valence-electron chi connectivity index (χ2n) is 4.80. The Morgan fingerprint density at radius 3 is 2.70 bits per heavy atom. The van der Waals surface area contributed by atoms with Crippen molar-refractivity contribution in [2.24, 2.45) is 0 Å². The summed E-state index contributed by atoms with van der Waals surface area (Å²) in [6.07, 6.45) is 0.620. The molecule has 0 aliphatic carbocycles. The second-order valence-corrected chi connectivity index (χ2v) is 5.21. The first kappa shape index (κ1) is 12.9. The molecule has 20 heavy (non-hydrogen) atoms. The Kier molecular flexibility index (Phi) is 3.28. The minimum atomic E-state index is 0.517. The van der Waals surface area contributed by atoms with Crippen molar-refractivity contribution in [3.05, 3.63) is 64.4 Å². The molecule has 2 aromatic carbocycles. The van der Waals surface area contributed by atoms with Crippen molar-refractivity contribution in [3.8, 4) is 0 Å². The summed E-state index contributed by atoms with van der Waals surface area (Å²) in [6.45, 7) is 1.98. The molecule has 3 aromatic rings. The Balaban J connectivity index is 2.00. The molecular weight excluding hydrogens is 270 g/mol. The molecule has 0 aliphatic rings. The third kappa shape index (κ3) is 2.45. The first-order valence-electron chi connectivity index (χ1n) is 6.39. The molecular formula is C16H14ClN3. The Morgan fingerprint density at radius 2 is 1.90 bits per heavy atom. The highest BCUT2D eigenvalue weighted by atomic mass is 35.5. The van der Waals surface area contributed by atoms with Gasteiger partial charge in [-0.25, -0.2) is 9.97 Å². The van der Waals surface area contributed by atoms with Crippen LogP contribution in [0.15, 0.2) is 42.5 Å². The highest BCUT2D eigenvalue weighted by molar-refractivity contribution is 6.31. The summed E-state index contributed by atoms with van der Waals surface area (Å²) in [5, 5.41) is 1.65. The molecule has 1 aromatic heterocycles. The molecule has 0 unspecified atom stereocenters. The number of anilines is 1. The maximum Gasteiger partial charge on any atom is 0.135 e. The van der Waals surface area contributed by atoms with Crippen LogP contribution >= 0.6 is 11.6 Å². The van der Waals surface area contributed by atoms with Gasteiger partial charge in [0, 0.05) is 16.8 Å². The summed E-state index contributed by atoms with van der Waals surface area (Å²) in [6, 6.07) is 13.7. The smallest absolute Gasteiger partial charge is 0.135 e. The fraction of sp³-hybridized carbons (Fsp3) is 0.125. The summed E-state index contributed by atoms with van der Waals surface area (Å²) < 4.78 is 0. The summed E-state index contributed by atoms with van der Waals surface area (Å²) in [5.41, 5.74) is 9.00. The maximum absolute atomic E-state index is 6.14. The van der Waals surface area contributed by atoms with Crippen LogP contribution in [-0.4, -0.2) is 9.97 Å². The van der Waals surface area contributed by atoms with Crippen LogP contribution in [0.4, 0.5) is 5.82 Å². The van der Waals surface area contributed by atoms with Crippen LogP contribution in [-0.2, 0) is 6.42 Å². The standard InChI is InChI=1S/C16H14ClN3/c1-10-6-7-11(8-13(10)17)9-15-19-14-5-3-2-4-12(14)16(18)20-15/h2-8H,9H2,1H3,(H2,18,19,20). The Morgan fingerprint density at radius 1 is 1.10 bits per heavy atom. The molecule has 0 aliphatic heterocycles. The van der Waals surface area contributed by atoms with Crippen LogP contribution < -0.4 is 5.73 Å². The highest BCUT2D eigenvalue weighted by Gasteiger charge is 2.06. The van der Waals surface area contributed by atoms with Crippen molar-refractivity contribution in [2.45, 2.75) is 13.3 Å². The Hall–Kier alpha value is -2.13. The van der Waals surface area contributed by atoms with Crippen LogP contribution in [0, 0.1) is 6.92 Å². The number of rotatable bonds is 2. The van der Waals surface area contributed by atoms with Gasteiger partial charge in [-0.15, -0.1) is 0 Å². The minimum absolute atomic E-state index is 0.517. The molecule has 3 nitrogen and oxygen atoms in total. The van der Waals surface area contributed by atoms with E-state index in [0.29, 0.717) is 18.1 Å². The number of hydrogen-bond acceptors (Lipinski definition) is 3. The van der Waals surface area contributed by atoms with Crippen molar-refractivity contribution in [1.29, 1.82) is 0 Å². The van der Waals surface area contributed by atoms with Gasteiger partial charge in [-0.1, -0.05) is 35.9 Å². The van der Waals surface area contributed by atoms with Crippen molar-refractivity contribution >= 4 is 28.3 Å². The number of fused-ring (bicyclic) bond motifs is 1. The molecule has 0 bridgehead atoms. The zero-order valence-electron chi connectivity index (χ0n) is 11.1. The van der Waals surface area contributed by atoms with E-state index in [-0.39, 0.29) is 0 Å². The van der Waals surface area contributed by atoms with Gasteiger partial charge in [-0.2, -0.15) is 0 Å². The lowest BCUT2D eigenvalue weighted by atomic mass is 10.1. The van der Waals surface area contributed by atoms with Crippen molar-refractivity contribution in [3.63, 3.8) is 0 Å². The van der Waals surface area contributed by atoms with E-state index in [4.69, 9.17) is 17.3 Å². The molecule has 0 spiro atoms. The summed E-state index contributed by atoms with van der Waals surface area (Å²) in [4.78, 5) is 8.92. The van der Waals surface area contributed by atoms with Gasteiger partial charge in [0.15, 0.2) is 0 Å². The first-order valence-corrected chi connectivity index (χ1v) is 6.77. The van der Waals surface area contributed by atoms with Gasteiger partial charge >= 0.3 is 0 Å². The summed E-state index contributed by atoms with van der Waals surface area (Å²) in [7, 11) is 0. The van der Waals surface area contributed by atoms with Crippen molar-refractivity contribution in [2.75, 3.05) is 5.73 Å². The van der Waals surface area contributed by atoms with Crippen molar-refractivity contribution in [1.82, 2.24) is 9.97 Å². The molecule has 4 heteroatoms. The number of para-hydroxylation sites is 1. The van der Waals surface area contributed by atoms with Crippen LogP contribution in [0.3, 0.4) is 0 Å². The Labute approximate surface area is 122 Å². The predicted molar refractivity (Wildman–Crippen MR) is 82.9 cm³/mol. The summed E-state index contributed by atoms with van der Waals surface area (Å²) >= 11 is 6.14. The third-order valence-corrected chi connectivity index (χ3v) is 3.68. The number of nitrogens with zero attached hydrogens (tertiary/aromatic N) is 2. The van der Waals surface area contributed by atoms with Crippen LogP contribution in [0.5, 0.6) is 0 Å². The van der Waals surface area contributed by atoms with E-state index in [1.165, 1.54) is 0 Å². The lowest BCUT2D eigenvalue weighted by Gasteiger charge is -2.06. The molecule has 0 saturated carbocycles. The first-order chi connectivity index (χ1) is 9.63. The second kappa shape index (κ2) is 5.10. The number of halogens is 1. The van der Waals surface area contributed by atoms with Gasteiger partial charge in [0.2, 0.25) is 0 Å². The molecule has 0 amide bonds. The number of hydrogen-bond donors (Lipinski definition) is 1. The average molecular weight is 284 g/mol. The van der Waals surface area contributed by atoms with E-state index in [2.05, 4.69) is 9.97 Å². The van der Waals surface area contributed by atoms with E-state index in [9.17, 15) is 0 Å². The molecule has 0 radical (unpaired) electrons. The predicted octanol–water partition coefficient (Wildman–Crippen LogP) is 3.76. The lowest BCUT2D eigenvalue weighted by Crippen LogP contribution is -2.02. The molecule has 2 N–H and O–H groups in total. The van der Waals surface area contributed by atoms with Gasteiger partial charge in [0.25, 0.3) is 0 Å². The number of nitrogen functional groups attached to an aromatic ring is 1. The van der Waals surface area contributed by atoms with Gasteiger partial charge in [0.1, 0.15) is 11.6 Å². The van der Waals surface area contributed by atoms with E-state index in [1.807, 2.05) is 49.4 Å². The fourth-order valence-corrected chi connectivity index (χ4v) is 2.36. The van der Waals surface area contributed by atoms with Crippen LogP contribution in [0.2, 0.25) is 5.02 Å². The fourth-order valence-electron chi connectivity index (χ4n) is 2.16. The van der Waals surface area contributed by atoms with Gasteiger partial charge < -0.3 is 5.73 Å². The third-order valence-electron chi connectivity index (χ3n) is 3.28. The van der Waals surface area contributed by atoms with E-state index in [0.717, 1.165) is 27.1 Å². The lowest BCUT2D eigenvalue weighted by molar-refractivity contribution is 0.997. The Bertz CT molecular complexity index is 784. The highest BCUT2D eigenvalue weighted by Crippen LogP contribution is 2.21.